The third kappa shape index (κ3) is 3.99. The van der Waals surface area contributed by atoms with Gasteiger partial charge in [-0.3, -0.25) is 4.79 Å². The summed E-state index contributed by atoms with van der Waals surface area (Å²) in [6.07, 6.45) is -4.93. The van der Waals surface area contributed by atoms with Crippen molar-refractivity contribution in [2.24, 2.45) is 0 Å². The lowest BCUT2D eigenvalue weighted by molar-refractivity contribution is -0.119. The molecule has 0 aliphatic rings. The van der Waals surface area contributed by atoms with Crippen LogP contribution in [0.15, 0.2) is 0 Å². The quantitative estimate of drug-likeness (QED) is 0.392. The van der Waals surface area contributed by atoms with E-state index in [4.69, 9.17) is 32.0 Å². The second kappa shape index (κ2) is 5.45. The fraction of sp³-hybridized carbons (Fsp3) is 0.833. The lowest BCUT2D eigenvalue weighted by Crippen LogP contribution is -2.40. The summed E-state index contributed by atoms with van der Waals surface area (Å²) < 4.78 is 0. The number of halogens is 1. The second-order valence-corrected chi connectivity index (χ2v) is 2.79. The molecule has 0 bridgehead atoms. The van der Waals surface area contributed by atoms with E-state index in [-0.39, 0.29) is 0 Å². The standard InChI is InChI=1S/C6H11ClO5/c7-5(11)1-3(9)6(12)4(10)2-8/h3-4,6,8-10,12H,1-2H2/t3-,4-,6+/m1/s1. The fourth-order valence-electron chi connectivity index (χ4n) is 0.650. The third-order valence-electron chi connectivity index (χ3n) is 1.35. The monoisotopic (exact) mass is 198 g/mol. The van der Waals surface area contributed by atoms with Crippen molar-refractivity contribution >= 4 is 16.8 Å². The maximum atomic E-state index is 10.2. The van der Waals surface area contributed by atoms with Gasteiger partial charge in [0.1, 0.15) is 12.2 Å². The van der Waals surface area contributed by atoms with Crippen LogP contribution in [0.2, 0.25) is 0 Å². The number of carbonyl (C=O) groups is 1. The Labute approximate surface area is 74.2 Å². The topological polar surface area (TPSA) is 98.0 Å². The summed E-state index contributed by atoms with van der Waals surface area (Å²) in [6, 6.07) is 0. The molecule has 0 spiro atoms. The first-order valence-corrected chi connectivity index (χ1v) is 3.70. The molecule has 3 atom stereocenters. The molecule has 0 aromatic heterocycles. The van der Waals surface area contributed by atoms with Crippen LogP contribution < -0.4 is 0 Å². The van der Waals surface area contributed by atoms with Crippen LogP contribution in [0.5, 0.6) is 0 Å². The normalized spacial score (nSPS) is 18.4. The Kier molecular flexibility index (Phi) is 5.36. The van der Waals surface area contributed by atoms with Crippen molar-refractivity contribution in [3.05, 3.63) is 0 Å². The molecule has 0 aromatic carbocycles. The Balaban J connectivity index is 3.91. The lowest BCUT2D eigenvalue weighted by Gasteiger charge is -2.19. The number of carbonyl (C=O) groups excluding carboxylic acids is 1. The van der Waals surface area contributed by atoms with Crippen LogP contribution in [0.25, 0.3) is 0 Å². The van der Waals surface area contributed by atoms with Gasteiger partial charge in [0.05, 0.1) is 19.1 Å². The van der Waals surface area contributed by atoms with Gasteiger partial charge in [0.15, 0.2) is 0 Å². The van der Waals surface area contributed by atoms with E-state index in [1.165, 1.54) is 0 Å². The van der Waals surface area contributed by atoms with Crippen molar-refractivity contribution in [1.82, 2.24) is 0 Å². The summed E-state index contributed by atoms with van der Waals surface area (Å²) in [4.78, 5) is 10.2. The van der Waals surface area contributed by atoms with Gasteiger partial charge >= 0.3 is 0 Å². The Morgan fingerprint density at radius 3 is 2.08 bits per heavy atom. The zero-order valence-electron chi connectivity index (χ0n) is 6.22. The number of aliphatic hydroxyl groups is 4. The summed E-state index contributed by atoms with van der Waals surface area (Å²) >= 11 is 4.91. The van der Waals surface area contributed by atoms with E-state index in [9.17, 15) is 4.79 Å². The maximum Gasteiger partial charge on any atom is 0.224 e. The number of hydrogen-bond donors (Lipinski definition) is 4. The average Bonchev–Trinajstić information content (AvgIpc) is 2.00. The minimum absolute atomic E-state index is 0.459. The number of rotatable bonds is 5. The van der Waals surface area contributed by atoms with E-state index in [1.807, 2.05) is 0 Å². The third-order valence-corrected chi connectivity index (χ3v) is 1.50. The summed E-state index contributed by atoms with van der Waals surface area (Å²) in [5.41, 5.74) is 0. The predicted octanol–water partition coefficient (Wildman–Crippen LogP) is -1.78. The van der Waals surface area contributed by atoms with Gasteiger partial charge in [0, 0.05) is 0 Å². The molecule has 0 fully saturated rings. The van der Waals surface area contributed by atoms with Gasteiger partial charge in [-0.2, -0.15) is 0 Å². The van der Waals surface area contributed by atoms with Crippen LogP contribution >= 0.6 is 11.6 Å². The molecule has 5 nitrogen and oxygen atoms in total. The minimum atomic E-state index is -1.56. The van der Waals surface area contributed by atoms with Crippen LogP contribution in [0.3, 0.4) is 0 Å². The van der Waals surface area contributed by atoms with Crippen LogP contribution in [-0.4, -0.2) is 50.6 Å². The molecule has 0 saturated carbocycles. The number of aliphatic hydroxyl groups excluding tert-OH is 4. The van der Waals surface area contributed by atoms with Crippen LogP contribution in [0.1, 0.15) is 6.42 Å². The van der Waals surface area contributed by atoms with E-state index in [2.05, 4.69) is 0 Å². The highest BCUT2D eigenvalue weighted by Gasteiger charge is 2.25. The van der Waals surface area contributed by atoms with Crippen LogP contribution in [0.4, 0.5) is 0 Å². The smallest absolute Gasteiger partial charge is 0.224 e. The average molecular weight is 199 g/mol. The second-order valence-electron chi connectivity index (χ2n) is 2.37. The fourth-order valence-corrected chi connectivity index (χ4v) is 0.808. The molecule has 4 N–H and O–H groups in total. The van der Waals surface area contributed by atoms with Crippen molar-refractivity contribution < 1.29 is 25.2 Å². The molecule has 0 aliphatic carbocycles. The molecular weight excluding hydrogens is 188 g/mol. The van der Waals surface area contributed by atoms with Crippen molar-refractivity contribution in [2.45, 2.75) is 24.7 Å². The van der Waals surface area contributed by atoms with Gasteiger partial charge in [-0.15, -0.1) is 0 Å². The largest absolute Gasteiger partial charge is 0.394 e. The van der Waals surface area contributed by atoms with E-state index >= 15 is 0 Å². The van der Waals surface area contributed by atoms with Crippen molar-refractivity contribution in [3.8, 4) is 0 Å². The van der Waals surface area contributed by atoms with Gasteiger partial charge < -0.3 is 20.4 Å². The molecule has 72 valence electrons. The van der Waals surface area contributed by atoms with Crippen LogP contribution in [0, 0.1) is 0 Å². The van der Waals surface area contributed by atoms with E-state index < -0.39 is 36.6 Å². The highest BCUT2D eigenvalue weighted by Crippen LogP contribution is 2.05. The minimum Gasteiger partial charge on any atom is -0.394 e. The maximum absolute atomic E-state index is 10.2. The molecular formula is C6H11ClO5. The van der Waals surface area contributed by atoms with Crippen molar-refractivity contribution in [2.75, 3.05) is 6.61 Å². The first-order valence-electron chi connectivity index (χ1n) is 3.32. The summed E-state index contributed by atoms with van der Waals surface area (Å²) in [7, 11) is 0. The number of hydrogen-bond acceptors (Lipinski definition) is 5. The summed E-state index contributed by atoms with van der Waals surface area (Å²) in [5.74, 6) is 0. The summed E-state index contributed by atoms with van der Waals surface area (Å²) in [6.45, 7) is -0.686. The summed E-state index contributed by atoms with van der Waals surface area (Å²) in [5, 5.41) is 34.3. The molecule has 0 saturated heterocycles. The first kappa shape index (κ1) is 11.8. The Hall–Kier alpha value is -0.200. The SMILES string of the molecule is O=C(Cl)C[C@@H](O)[C@H](O)[C@H](O)CO. The molecule has 0 aliphatic heterocycles. The van der Waals surface area contributed by atoms with Gasteiger partial charge in [0.25, 0.3) is 0 Å². The highest BCUT2D eigenvalue weighted by molar-refractivity contribution is 6.63. The molecule has 0 rings (SSSR count). The van der Waals surface area contributed by atoms with Gasteiger partial charge in [-0.25, -0.2) is 0 Å². The van der Waals surface area contributed by atoms with Crippen LogP contribution in [-0.2, 0) is 4.79 Å². The molecule has 0 unspecified atom stereocenters. The molecule has 12 heavy (non-hydrogen) atoms. The zero-order valence-corrected chi connectivity index (χ0v) is 6.98. The first-order chi connectivity index (χ1) is 5.49. The van der Waals surface area contributed by atoms with Crippen molar-refractivity contribution in [1.29, 1.82) is 0 Å². The highest BCUT2D eigenvalue weighted by atomic mass is 35.5. The van der Waals surface area contributed by atoms with E-state index in [1.54, 1.807) is 0 Å². The molecule has 0 amide bonds. The van der Waals surface area contributed by atoms with E-state index in [0.29, 0.717) is 0 Å². The molecule has 0 aromatic rings. The van der Waals surface area contributed by atoms with Gasteiger partial charge in [0.2, 0.25) is 5.24 Å². The molecule has 0 heterocycles. The van der Waals surface area contributed by atoms with Gasteiger partial charge in [-0.1, -0.05) is 0 Å². The Morgan fingerprint density at radius 2 is 1.75 bits per heavy atom. The lowest BCUT2D eigenvalue weighted by atomic mass is 10.1. The Bertz CT molecular complexity index is 151. The zero-order chi connectivity index (χ0) is 9.72. The van der Waals surface area contributed by atoms with Gasteiger partial charge in [-0.05, 0) is 11.6 Å². The Morgan fingerprint density at radius 1 is 1.25 bits per heavy atom. The predicted molar refractivity (Wildman–Crippen MR) is 40.6 cm³/mol. The molecule has 0 radical (unpaired) electrons. The van der Waals surface area contributed by atoms with E-state index in [0.717, 1.165) is 0 Å². The molecule has 6 heteroatoms. The van der Waals surface area contributed by atoms with Crippen molar-refractivity contribution in [3.63, 3.8) is 0 Å².